The predicted molar refractivity (Wildman–Crippen MR) is 94.5 cm³/mol. The number of aliphatic carboxylic acids is 1. The van der Waals surface area contributed by atoms with Crippen molar-refractivity contribution in [3.05, 3.63) is 36.4 Å². The van der Waals surface area contributed by atoms with Crippen molar-refractivity contribution in [3.8, 4) is 5.75 Å². The molecular weight excluding hydrogens is 332 g/mol. The predicted octanol–water partition coefficient (Wildman–Crippen LogP) is 0.532. The first-order chi connectivity index (χ1) is 12.6. The highest BCUT2D eigenvalue weighted by molar-refractivity contribution is 5.86. The lowest BCUT2D eigenvalue weighted by molar-refractivity contribution is -0.313. The second-order valence-corrected chi connectivity index (χ2v) is 7.33. The Labute approximate surface area is 153 Å². The number of nitrogens with zero attached hydrogens (tertiary/aromatic N) is 2. The number of amides is 1. The number of hydrogen-bond donors (Lipinski definition) is 0. The molecule has 1 saturated heterocycles. The van der Waals surface area contributed by atoms with Crippen LogP contribution in [0.4, 0.5) is 5.69 Å². The fraction of sp³-hybridized carbons (Fsp3) is 0.500. The van der Waals surface area contributed by atoms with Crippen molar-refractivity contribution < 1.29 is 19.4 Å². The van der Waals surface area contributed by atoms with Crippen LogP contribution in [0.15, 0.2) is 36.4 Å². The van der Waals surface area contributed by atoms with Gasteiger partial charge in [-0.05, 0) is 30.4 Å². The van der Waals surface area contributed by atoms with Gasteiger partial charge in [0.05, 0.1) is 13.0 Å². The molecule has 2 fully saturated rings. The Morgan fingerprint density at radius 2 is 1.77 bits per heavy atom. The van der Waals surface area contributed by atoms with Gasteiger partial charge in [0.15, 0.2) is 0 Å². The SMILES string of the molecule is COc1cccc(N2CCN(C(=O)[C@@H]3[C@H](C(=O)[O-])[C@H]4C=C[C@@H]3C4)CC2)c1. The summed E-state index contributed by atoms with van der Waals surface area (Å²) in [6.45, 7) is 2.66. The molecular formula is C20H23N2O4-. The molecule has 3 aliphatic rings. The van der Waals surface area contributed by atoms with Crippen molar-refractivity contribution in [2.24, 2.45) is 23.7 Å². The Morgan fingerprint density at radius 1 is 1.08 bits per heavy atom. The molecule has 2 bridgehead atoms. The third-order valence-electron chi connectivity index (χ3n) is 6.03. The monoisotopic (exact) mass is 355 g/mol. The Balaban J connectivity index is 1.42. The summed E-state index contributed by atoms with van der Waals surface area (Å²) in [5.41, 5.74) is 1.08. The minimum Gasteiger partial charge on any atom is -0.550 e. The van der Waals surface area contributed by atoms with Crippen LogP contribution in [0, 0.1) is 23.7 Å². The Morgan fingerprint density at radius 3 is 2.42 bits per heavy atom. The number of anilines is 1. The fourth-order valence-corrected chi connectivity index (χ4v) is 4.68. The zero-order chi connectivity index (χ0) is 18.3. The van der Waals surface area contributed by atoms with Gasteiger partial charge in [-0.25, -0.2) is 0 Å². The van der Waals surface area contributed by atoms with Gasteiger partial charge < -0.3 is 24.4 Å². The number of carboxylic acid groups (broad SMARTS) is 1. The van der Waals surface area contributed by atoms with Crippen LogP contribution in [-0.2, 0) is 9.59 Å². The molecule has 0 spiro atoms. The smallest absolute Gasteiger partial charge is 0.227 e. The summed E-state index contributed by atoms with van der Waals surface area (Å²) >= 11 is 0. The zero-order valence-electron chi connectivity index (χ0n) is 14.8. The number of benzene rings is 1. The molecule has 1 amide bonds. The van der Waals surface area contributed by atoms with Crippen LogP contribution in [0.25, 0.3) is 0 Å². The maximum Gasteiger partial charge on any atom is 0.227 e. The van der Waals surface area contributed by atoms with E-state index in [1.54, 1.807) is 7.11 Å². The maximum atomic E-state index is 13.0. The molecule has 1 aromatic rings. The summed E-state index contributed by atoms with van der Waals surface area (Å²) in [6.07, 6.45) is 4.72. The van der Waals surface area contributed by atoms with E-state index in [-0.39, 0.29) is 17.7 Å². The summed E-state index contributed by atoms with van der Waals surface area (Å²) in [4.78, 5) is 28.6. The van der Waals surface area contributed by atoms with Crippen LogP contribution in [0.3, 0.4) is 0 Å². The number of carbonyl (C=O) groups excluding carboxylic acids is 2. The van der Waals surface area contributed by atoms with Crippen LogP contribution in [-0.4, -0.2) is 50.1 Å². The van der Waals surface area contributed by atoms with Crippen molar-refractivity contribution >= 4 is 17.6 Å². The van der Waals surface area contributed by atoms with E-state index in [0.717, 1.165) is 30.9 Å². The standard InChI is InChI=1S/C20H24N2O4/c1-26-16-4-2-3-15(12-16)21-7-9-22(10-8-21)19(23)17-13-5-6-14(11-13)18(17)20(24)25/h2-6,12-14,17-18H,7-11H2,1H3,(H,24,25)/p-1/t13-,14+,17+,18-/m1/s1. The van der Waals surface area contributed by atoms with Gasteiger partial charge in [0.25, 0.3) is 0 Å². The molecule has 0 unspecified atom stereocenters. The van der Waals surface area contributed by atoms with E-state index < -0.39 is 17.8 Å². The molecule has 0 radical (unpaired) electrons. The van der Waals surface area contributed by atoms with Crippen molar-refractivity contribution in [3.63, 3.8) is 0 Å². The van der Waals surface area contributed by atoms with Crippen molar-refractivity contribution in [2.45, 2.75) is 6.42 Å². The number of rotatable bonds is 4. The van der Waals surface area contributed by atoms with E-state index in [1.807, 2.05) is 41.3 Å². The highest BCUT2D eigenvalue weighted by Crippen LogP contribution is 2.48. The molecule has 2 aliphatic carbocycles. The van der Waals surface area contributed by atoms with E-state index in [1.165, 1.54) is 0 Å². The molecule has 138 valence electrons. The molecule has 4 atom stereocenters. The average Bonchev–Trinajstić information content (AvgIpc) is 3.29. The van der Waals surface area contributed by atoms with Crippen LogP contribution in [0.5, 0.6) is 5.75 Å². The second-order valence-electron chi connectivity index (χ2n) is 7.33. The van der Waals surface area contributed by atoms with E-state index in [2.05, 4.69) is 4.90 Å². The maximum absolute atomic E-state index is 13.0. The van der Waals surface area contributed by atoms with E-state index in [0.29, 0.717) is 13.1 Å². The van der Waals surface area contributed by atoms with Crippen molar-refractivity contribution in [2.75, 3.05) is 38.2 Å². The number of carboxylic acids is 1. The Bertz CT molecular complexity index is 739. The molecule has 1 heterocycles. The molecule has 0 aromatic heterocycles. The molecule has 1 aromatic carbocycles. The third kappa shape index (κ3) is 2.83. The van der Waals surface area contributed by atoms with Crippen LogP contribution < -0.4 is 14.7 Å². The molecule has 0 N–H and O–H groups in total. The normalized spacial score (nSPS) is 29.9. The number of methoxy groups -OCH3 is 1. The third-order valence-corrected chi connectivity index (χ3v) is 6.03. The van der Waals surface area contributed by atoms with Gasteiger partial charge in [0, 0.05) is 49.8 Å². The summed E-state index contributed by atoms with van der Waals surface area (Å²) in [5.74, 6) is -1.43. The number of piperazine rings is 1. The molecule has 6 heteroatoms. The highest BCUT2D eigenvalue weighted by atomic mass is 16.5. The molecule has 26 heavy (non-hydrogen) atoms. The Hall–Kier alpha value is -2.50. The molecule has 4 rings (SSSR count). The zero-order valence-corrected chi connectivity index (χ0v) is 14.8. The number of fused-ring (bicyclic) bond motifs is 2. The largest absolute Gasteiger partial charge is 0.550 e. The van der Waals surface area contributed by atoms with Gasteiger partial charge >= 0.3 is 0 Å². The molecule has 1 aliphatic heterocycles. The summed E-state index contributed by atoms with van der Waals surface area (Å²) in [5, 5.41) is 11.6. The van der Waals surface area contributed by atoms with Gasteiger partial charge in [0.1, 0.15) is 5.75 Å². The number of allylic oxidation sites excluding steroid dienone is 2. The van der Waals surface area contributed by atoms with Crippen LogP contribution in [0.1, 0.15) is 6.42 Å². The molecule has 1 saturated carbocycles. The topological polar surface area (TPSA) is 72.9 Å². The lowest BCUT2D eigenvalue weighted by atomic mass is 9.82. The van der Waals surface area contributed by atoms with E-state index >= 15 is 0 Å². The highest BCUT2D eigenvalue weighted by Gasteiger charge is 2.50. The average molecular weight is 355 g/mol. The lowest BCUT2D eigenvalue weighted by Crippen LogP contribution is -2.53. The second kappa shape index (κ2) is 6.67. The summed E-state index contributed by atoms with van der Waals surface area (Å²) in [6, 6.07) is 7.89. The number of hydrogen-bond acceptors (Lipinski definition) is 5. The summed E-state index contributed by atoms with van der Waals surface area (Å²) < 4.78 is 5.28. The Kier molecular flexibility index (Phi) is 4.34. The lowest BCUT2D eigenvalue weighted by Gasteiger charge is -2.39. The van der Waals surface area contributed by atoms with Gasteiger partial charge in [-0.2, -0.15) is 0 Å². The first-order valence-electron chi connectivity index (χ1n) is 9.15. The molecule has 6 nitrogen and oxygen atoms in total. The van der Waals surface area contributed by atoms with Gasteiger partial charge in [0.2, 0.25) is 5.91 Å². The summed E-state index contributed by atoms with van der Waals surface area (Å²) in [7, 11) is 1.65. The van der Waals surface area contributed by atoms with Gasteiger partial charge in [-0.3, -0.25) is 4.79 Å². The quantitative estimate of drug-likeness (QED) is 0.737. The van der Waals surface area contributed by atoms with Crippen molar-refractivity contribution in [1.29, 1.82) is 0 Å². The fourth-order valence-electron chi connectivity index (χ4n) is 4.68. The van der Waals surface area contributed by atoms with Gasteiger partial charge in [-0.15, -0.1) is 0 Å². The van der Waals surface area contributed by atoms with Crippen molar-refractivity contribution in [1.82, 2.24) is 4.90 Å². The van der Waals surface area contributed by atoms with Crippen LogP contribution in [0.2, 0.25) is 0 Å². The number of ether oxygens (including phenoxy) is 1. The van der Waals surface area contributed by atoms with E-state index in [4.69, 9.17) is 4.74 Å². The van der Waals surface area contributed by atoms with Gasteiger partial charge in [-0.1, -0.05) is 18.2 Å². The first-order valence-corrected chi connectivity index (χ1v) is 9.15. The number of carbonyl (C=O) groups is 2. The van der Waals surface area contributed by atoms with Crippen LogP contribution >= 0.6 is 0 Å². The minimum atomic E-state index is -1.09. The van der Waals surface area contributed by atoms with E-state index in [9.17, 15) is 14.7 Å². The first kappa shape index (κ1) is 16.9. The minimum absolute atomic E-state index is 0.0265.